The van der Waals surface area contributed by atoms with Crippen LogP contribution in [-0.2, 0) is 4.79 Å². The lowest BCUT2D eigenvalue weighted by Crippen LogP contribution is -2.40. The SMILES string of the molecule is Cc1nc(C)c(C(=O)C2=C(O)C(=O)N(CCN3CCCCC3)C2c2ccc(Cl)cc2)s1. The van der Waals surface area contributed by atoms with Gasteiger partial charge in [-0.15, -0.1) is 11.3 Å². The Kier molecular flexibility index (Phi) is 6.46. The third-order valence-corrected chi connectivity index (χ3v) is 7.27. The number of nitrogens with zero attached hydrogens (tertiary/aromatic N) is 3. The van der Waals surface area contributed by atoms with Crippen LogP contribution in [0.2, 0.25) is 5.02 Å². The zero-order valence-electron chi connectivity index (χ0n) is 17.7. The molecule has 1 fully saturated rings. The molecule has 1 saturated heterocycles. The molecule has 1 N–H and O–H groups in total. The molecule has 0 radical (unpaired) electrons. The van der Waals surface area contributed by atoms with E-state index in [4.69, 9.17) is 11.6 Å². The van der Waals surface area contributed by atoms with Crippen molar-refractivity contribution in [2.45, 2.75) is 39.2 Å². The molecule has 4 rings (SSSR count). The Morgan fingerprint density at radius 1 is 1.16 bits per heavy atom. The number of hydrogen-bond acceptors (Lipinski definition) is 6. The summed E-state index contributed by atoms with van der Waals surface area (Å²) < 4.78 is 0. The van der Waals surface area contributed by atoms with E-state index >= 15 is 0 Å². The van der Waals surface area contributed by atoms with Crippen molar-refractivity contribution in [1.29, 1.82) is 0 Å². The maximum Gasteiger partial charge on any atom is 0.290 e. The van der Waals surface area contributed by atoms with E-state index in [0.717, 1.165) is 36.5 Å². The Balaban J connectivity index is 1.69. The molecule has 164 valence electrons. The van der Waals surface area contributed by atoms with Gasteiger partial charge in [-0.05, 0) is 57.5 Å². The molecule has 1 aromatic carbocycles. The van der Waals surface area contributed by atoms with E-state index in [2.05, 4.69) is 9.88 Å². The standard InChI is InChI=1S/C23H26ClN3O3S/c1-14-22(31-15(2)25-14)20(28)18-19(16-6-8-17(24)9-7-16)27(23(30)21(18)29)13-12-26-10-4-3-5-11-26/h6-9,19,29H,3-5,10-13H2,1-2H3. The van der Waals surface area contributed by atoms with Crippen LogP contribution < -0.4 is 0 Å². The van der Waals surface area contributed by atoms with Gasteiger partial charge in [0.2, 0.25) is 5.78 Å². The van der Waals surface area contributed by atoms with Crippen molar-refractivity contribution in [3.05, 3.63) is 61.8 Å². The van der Waals surface area contributed by atoms with E-state index in [1.165, 1.54) is 17.8 Å². The van der Waals surface area contributed by atoms with Gasteiger partial charge in [-0.25, -0.2) is 4.98 Å². The van der Waals surface area contributed by atoms with Crippen molar-refractivity contribution in [3.8, 4) is 0 Å². The van der Waals surface area contributed by atoms with Gasteiger partial charge >= 0.3 is 0 Å². The highest BCUT2D eigenvalue weighted by Gasteiger charge is 2.44. The minimum absolute atomic E-state index is 0.123. The quantitative estimate of drug-likeness (QED) is 0.645. The summed E-state index contributed by atoms with van der Waals surface area (Å²) in [5.41, 5.74) is 1.49. The monoisotopic (exact) mass is 459 g/mol. The van der Waals surface area contributed by atoms with Crippen LogP contribution in [0.1, 0.15) is 51.2 Å². The summed E-state index contributed by atoms with van der Waals surface area (Å²) >= 11 is 7.36. The van der Waals surface area contributed by atoms with Gasteiger partial charge in [-0.2, -0.15) is 0 Å². The van der Waals surface area contributed by atoms with Crippen molar-refractivity contribution >= 4 is 34.6 Å². The number of Topliss-reactive ketones (excluding diaryl/α,β-unsaturated/α-hetero) is 1. The fourth-order valence-electron chi connectivity index (χ4n) is 4.40. The number of likely N-dealkylation sites (tertiary alicyclic amines) is 1. The van der Waals surface area contributed by atoms with E-state index in [1.54, 1.807) is 24.0 Å². The van der Waals surface area contributed by atoms with E-state index in [-0.39, 0.29) is 11.4 Å². The van der Waals surface area contributed by atoms with Crippen molar-refractivity contribution in [2.24, 2.45) is 0 Å². The lowest BCUT2D eigenvalue weighted by molar-refractivity contribution is -0.129. The first-order valence-electron chi connectivity index (χ1n) is 10.6. The molecule has 2 aromatic rings. The maximum absolute atomic E-state index is 13.5. The zero-order chi connectivity index (χ0) is 22.1. The highest BCUT2D eigenvalue weighted by Crippen LogP contribution is 2.40. The van der Waals surface area contributed by atoms with Crippen LogP contribution in [0, 0.1) is 13.8 Å². The van der Waals surface area contributed by atoms with Crippen molar-refractivity contribution in [1.82, 2.24) is 14.8 Å². The van der Waals surface area contributed by atoms with Gasteiger partial charge in [-0.3, -0.25) is 9.59 Å². The van der Waals surface area contributed by atoms with E-state index < -0.39 is 17.7 Å². The van der Waals surface area contributed by atoms with Crippen molar-refractivity contribution in [3.63, 3.8) is 0 Å². The second-order valence-corrected chi connectivity index (χ2v) is 9.73. The van der Waals surface area contributed by atoms with Gasteiger partial charge in [0.15, 0.2) is 5.76 Å². The van der Waals surface area contributed by atoms with E-state index in [0.29, 0.717) is 28.7 Å². The Hall–Kier alpha value is -2.22. The lowest BCUT2D eigenvalue weighted by atomic mass is 9.95. The highest BCUT2D eigenvalue weighted by molar-refractivity contribution is 7.14. The van der Waals surface area contributed by atoms with Crippen LogP contribution >= 0.6 is 22.9 Å². The third-order valence-electron chi connectivity index (χ3n) is 5.95. The summed E-state index contributed by atoms with van der Waals surface area (Å²) in [6, 6.07) is 6.45. The fourth-order valence-corrected chi connectivity index (χ4v) is 5.40. The largest absolute Gasteiger partial charge is 0.503 e. The molecule has 0 aliphatic carbocycles. The summed E-state index contributed by atoms with van der Waals surface area (Å²) in [4.78, 5) is 35.3. The van der Waals surface area contributed by atoms with E-state index in [9.17, 15) is 14.7 Å². The zero-order valence-corrected chi connectivity index (χ0v) is 19.3. The molecule has 2 aliphatic rings. The molecule has 1 aromatic heterocycles. The van der Waals surface area contributed by atoms with Crippen LogP contribution in [0.4, 0.5) is 0 Å². The van der Waals surface area contributed by atoms with Crippen molar-refractivity contribution < 1.29 is 14.7 Å². The molecular weight excluding hydrogens is 434 g/mol. The predicted molar refractivity (Wildman–Crippen MR) is 122 cm³/mol. The summed E-state index contributed by atoms with van der Waals surface area (Å²) in [6.07, 6.45) is 3.55. The number of aryl methyl sites for hydroxylation is 2. The summed E-state index contributed by atoms with van der Waals surface area (Å²) in [6.45, 7) is 6.79. The number of thiazole rings is 1. The molecule has 8 heteroatoms. The topological polar surface area (TPSA) is 73.7 Å². The molecule has 1 amide bonds. The van der Waals surface area contributed by atoms with Crippen LogP contribution in [0.25, 0.3) is 0 Å². The van der Waals surface area contributed by atoms with Gasteiger partial charge in [0.05, 0.1) is 27.2 Å². The minimum Gasteiger partial charge on any atom is -0.503 e. The minimum atomic E-state index is -0.649. The number of aliphatic hydroxyl groups is 1. The lowest BCUT2D eigenvalue weighted by Gasteiger charge is -2.31. The summed E-state index contributed by atoms with van der Waals surface area (Å²) in [5, 5.41) is 12.1. The number of carbonyl (C=O) groups is 2. The average molecular weight is 460 g/mol. The number of carbonyl (C=O) groups excluding carboxylic acids is 2. The molecule has 6 nitrogen and oxygen atoms in total. The number of aliphatic hydroxyl groups excluding tert-OH is 1. The number of hydrogen-bond donors (Lipinski definition) is 1. The second kappa shape index (κ2) is 9.10. The first-order chi connectivity index (χ1) is 14.9. The molecule has 0 bridgehead atoms. The number of aromatic nitrogens is 1. The van der Waals surface area contributed by atoms with Crippen LogP contribution in [0.15, 0.2) is 35.6 Å². The number of benzene rings is 1. The number of ketones is 1. The smallest absolute Gasteiger partial charge is 0.290 e. The molecule has 31 heavy (non-hydrogen) atoms. The molecule has 3 heterocycles. The normalized spacial score (nSPS) is 20.0. The molecular formula is C23H26ClN3O3S. The third kappa shape index (κ3) is 4.40. The first kappa shape index (κ1) is 22.0. The molecule has 1 atom stereocenters. The average Bonchev–Trinajstić information content (AvgIpc) is 3.23. The Bertz CT molecular complexity index is 1030. The van der Waals surface area contributed by atoms with Gasteiger partial charge in [0.1, 0.15) is 0 Å². The molecule has 2 aliphatic heterocycles. The van der Waals surface area contributed by atoms with E-state index in [1.807, 2.05) is 19.1 Å². The predicted octanol–water partition coefficient (Wildman–Crippen LogP) is 4.48. The fraction of sp³-hybridized carbons (Fsp3) is 0.435. The van der Waals surface area contributed by atoms with Crippen LogP contribution in [0.5, 0.6) is 0 Å². The molecule has 1 unspecified atom stereocenters. The second-order valence-electron chi connectivity index (χ2n) is 8.09. The molecule has 0 saturated carbocycles. The molecule has 0 spiro atoms. The van der Waals surface area contributed by atoms with Gasteiger partial charge < -0.3 is 14.9 Å². The van der Waals surface area contributed by atoms with Gasteiger partial charge in [0, 0.05) is 18.1 Å². The maximum atomic E-state index is 13.5. The van der Waals surface area contributed by atoms with Gasteiger partial charge in [-0.1, -0.05) is 30.2 Å². The number of halogens is 1. The Labute approximate surface area is 191 Å². The first-order valence-corrected chi connectivity index (χ1v) is 11.8. The Morgan fingerprint density at radius 3 is 2.45 bits per heavy atom. The highest BCUT2D eigenvalue weighted by atomic mass is 35.5. The number of amides is 1. The number of piperidine rings is 1. The number of rotatable bonds is 6. The summed E-state index contributed by atoms with van der Waals surface area (Å²) in [7, 11) is 0. The van der Waals surface area contributed by atoms with Crippen LogP contribution in [0.3, 0.4) is 0 Å². The Morgan fingerprint density at radius 2 is 1.84 bits per heavy atom. The van der Waals surface area contributed by atoms with Crippen LogP contribution in [-0.4, -0.2) is 57.8 Å². The summed E-state index contributed by atoms with van der Waals surface area (Å²) in [5.74, 6) is -1.30. The van der Waals surface area contributed by atoms with Crippen molar-refractivity contribution in [2.75, 3.05) is 26.2 Å². The van der Waals surface area contributed by atoms with Gasteiger partial charge in [0.25, 0.3) is 5.91 Å².